The topological polar surface area (TPSA) is 56.2 Å². The van der Waals surface area contributed by atoms with Gasteiger partial charge in [0.2, 0.25) is 0 Å². The van der Waals surface area contributed by atoms with Gasteiger partial charge in [-0.05, 0) is 46.6 Å². The van der Waals surface area contributed by atoms with Gasteiger partial charge in [0.05, 0.1) is 6.61 Å². The normalized spacial score (nSPS) is 14.4. The Balaban J connectivity index is 2.55. The molecule has 1 N–H and O–H groups in total. The minimum Gasteiger partial charge on any atom is -0.465 e. The van der Waals surface area contributed by atoms with Crippen molar-refractivity contribution in [1.82, 2.24) is 15.1 Å². The number of hydrogen-bond donors (Lipinski definition) is 1. The van der Waals surface area contributed by atoms with Crippen LogP contribution >= 0.6 is 0 Å². The molecule has 108 valence electrons. The van der Waals surface area contributed by atoms with Crippen LogP contribution in [0.25, 0.3) is 0 Å². The van der Waals surface area contributed by atoms with E-state index in [0.717, 1.165) is 19.4 Å². The zero-order valence-corrected chi connectivity index (χ0v) is 12.3. The Kier molecular flexibility index (Phi) is 6.02. The van der Waals surface area contributed by atoms with E-state index in [-0.39, 0.29) is 12.0 Å². The molecule has 1 rings (SSSR count). The maximum absolute atomic E-state index is 12.1. The van der Waals surface area contributed by atoms with Crippen molar-refractivity contribution in [3.05, 3.63) is 18.5 Å². The Labute approximate surface area is 115 Å². The summed E-state index contributed by atoms with van der Waals surface area (Å²) in [6, 6.07) is 2.13. The van der Waals surface area contributed by atoms with E-state index in [1.54, 1.807) is 6.20 Å². The molecular formula is C14H25N3O2. The van der Waals surface area contributed by atoms with E-state index in [1.165, 1.54) is 0 Å². The van der Waals surface area contributed by atoms with Crippen LogP contribution in [0.15, 0.2) is 18.5 Å². The van der Waals surface area contributed by atoms with Gasteiger partial charge in [0.25, 0.3) is 0 Å². The number of nitrogens with one attached hydrogen (secondary N) is 1. The summed E-state index contributed by atoms with van der Waals surface area (Å²) < 4.78 is 7.05. The lowest BCUT2D eigenvalue weighted by Gasteiger charge is -2.30. The third-order valence-electron chi connectivity index (χ3n) is 2.96. The molecular weight excluding hydrogens is 242 g/mol. The average Bonchev–Trinajstić information content (AvgIpc) is 2.81. The van der Waals surface area contributed by atoms with Crippen molar-refractivity contribution in [2.75, 3.05) is 6.61 Å². The molecule has 0 saturated heterocycles. The zero-order chi connectivity index (χ0) is 14.3. The fourth-order valence-corrected chi connectivity index (χ4v) is 2.19. The summed E-state index contributed by atoms with van der Waals surface area (Å²) >= 11 is 0. The van der Waals surface area contributed by atoms with E-state index in [2.05, 4.69) is 10.4 Å². The van der Waals surface area contributed by atoms with Crippen molar-refractivity contribution in [3.63, 3.8) is 0 Å². The van der Waals surface area contributed by atoms with Crippen LogP contribution in [0.5, 0.6) is 0 Å². The van der Waals surface area contributed by atoms with Crippen LogP contribution in [0.4, 0.5) is 0 Å². The molecule has 0 bridgehead atoms. The second-order valence-electron chi connectivity index (χ2n) is 5.22. The molecule has 0 aliphatic heterocycles. The van der Waals surface area contributed by atoms with Gasteiger partial charge in [-0.15, -0.1) is 0 Å². The standard InChI is InChI=1S/C14H25N3O2/c1-5-19-13(18)14(4,16-12(2)3)8-6-10-17-11-7-9-15-17/h7,9,11-12,16H,5-6,8,10H2,1-4H3. The summed E-state index contributed by atoms with van der Waals surface area (Å²) in [6.45, 7) is 9.02. The van der Waals surface area contributed by atoms with Gasteiger partial charge >= 0.3 is 5.97 Å². The van der Waals surface area contributed by atoms with Gasteiger partial charge < -0.3 is 4.74 Å². The maximum Gasteiger partial charge on any atom is 0.326 e. The number of hydrogen-bond acceptors (Lipinski definition) is 4. The molecule has 1 unspecified atom stereocenters. The molecule has 0 saturated carbocycles. The summed E-state index contributed by atoms with van der Waals surface area (Å²) in [5, 5.41) is 7.47. The van der Waals surface area contributed by atoms with Gasteiger partial charge in [0.1, 0.15) is 5.54 Å². The van der Waals surface area contributed by atoms with Crippen LogP contribution in [-0.4, -0.2) is 33.9 Å². The molecule has 1 atom stereocenters. The first kappa shape index (κ1) is 15.7. The quantitative estimate of drug-likeness (QED) is 0.732. The third-order valence-corrected chi connectivity index (χ3v) is 2.96. The van der Waals surface area contributed by atoms with E-state index >= 15 is 0 Å². The number of carbonyl (C=O) groups is 1. The van der Waals surface area contributed by atoms with Crippen LogP contribution in [-0.2, 0) is 16.1 Å². The molecule has 1 aromatic heterocycles. The van der Waals surface area contributed by atoms with Crippen molar-refractivity contribution in [2.24, 2.45) is 0 Å². The highest BCUT2D eigenvalue weighted by Gasteiger charge is 2.34. The fourth-order valence-electron chi connectivity index (χ4n) is 2.19. The van der Waals surface area contributed by atoms with Crippen molar-refractivity contribution in [2.45, 2.75) is 58.7 Å². The Morgan fingerprint density at radius 1 is 1.53 bits per heavy atom. The minimum atomic E-state index is -0.628. The molecule has 0 spiro atoms. The molecule has 1 aromatic rings. The average molecular weight is 267 g/mol. The summed E-state index contributed by atoms with van der Waals surface area (Å²) in [5.41, 5.74) is -0.628. The number of carbonyl (C=O) groups excluding carboxylic acids is 1. The summed E-state index contributed by atoms with van der Waals surface area (Å²) in [7, 11) is 0. The molecule has 19 heavy (non-hydrogen) atoms. The number of ether oxygens (including phenoxy) is 1. The summed E-state index contributed by atoms with van der Waals surface area (Å²) in [6.07, 6.45) is 5.29. The monoisotopic (exact) mass is 267 g/mol. The highest BCUT2D eigenvalue weighted by atomic mass is 16.5. The lowest BCUT2D eigenvalue weighted by atomic mass is 9.94. The number of aryl methyl sites for hydroxylation is 1. The third kappa shape index (κ3) is 5.03. The van der Waals surface area contributed by atoms with Crippen molar-refractivity contribution in [1.29, 1.82) is 0 Å². The lowest BCUT2D eigenvalue weighted by Crippen LogP contribution is -2.53. The Bertz CT molecular complexity index is 376. The van der Waals surface area contributed by atoms with Gasteiger partial charge in [-0.25, -0.2) is 0 Å². The number of nitrogens with zero attached hydrogens (tertiary/aromatic N) is 2. The van der Waals surface area contributed by atoms with E-state index in [0.29, 0.717) is 6.61 Å². The fraction of sp³-hybridized carbons (Fsp3) is 0.714. The van der Waals surface area contributed by atoms with Crippen LogP contribution in [0.3, 0.4) is 0 Å². The van der Waals surface area contributed by atoms with E-state index < -0.39 is 5.54 Å². The SMILES string of the molecule is CCOC(=O)C(C)(CCCn1cccn1)NC(C)C. The lowest BCUT2D eigenvalue weighted by molar-refractivity contribution is -0.151. The first-order chi connectivity index (χ1) is 8.98. The molecule has 0 amide bonds. The molecule has 0 fully saturated rings. The van der Waals surface area contributed by atoms with Gasteiger partial charge in [-0.3, -0.25) is 14.8 Å². The van der Waals surface area contributed by atoms with Gasteiger partial charge in [0, 0.05) is 25.0 Å². The Hall–Kier alpha value is -1.36. The zero-order valence-electron chi connectivity index (χ0n) is 12.3. The molecule has 0 aliphatic carbocycles. The second kappa shape index (κ2) is 7.28. The largest absolute Gasteiger partial charge is 0.465 e. The van der Waals surface area contributed by atoms with Gasteiger partial charge in [-0.1, -0.05) is 0 Å². The highest BCUT2D eigenvalue weighted by molar-refractivity contribution is 5.80. The molecule has 0 radical (unpaired) electrons. The van der Waals surface area contributed by atoms with E-state index in [1.807, 2.05) is 44.6 Å². The molecule has 0 aromatic carbocycles. The van der Waals surface area contributed by atoms with Gasteiger partial charge in [0.15, 0.2) is 0 Å². The summed E-state index contributed by atoms with van der Waals surface area (Å²) in [4.78, 5) is 12.1. The van der Waals surface area contributed by atoms with Crippen LogP contribution in [0.1, 0.15) is 40.5 Å². The van der Waals surface area contributed by atoms with E-state index in [4.69, 9.17) is 4.74 Å². The number of esters is 1. The predicted molar refractivity (Wildman–Crippen MR) is 74.8 cm³/mol. The Morgan fingerprint density at radius 3 is 2.79 bits per heavy atom. The van der Waals surface area contributed by atoms with Crippen LogP contribution < -0.4 is 5.32 Å². The molecule has 5 nitrogen and oxygen atoms in total. The molecule has 1 heterocycles. The van der Waals surface area contributed by atoms with Crippen LogP contribution in [0, 0.1) is 0 Å². The minimum absolute atomic E-state index is 0.177. The smallest absolute Gasteiger partial charge is 0.326 e. The molecule has 0 aliphatic rings. The van der Waals surface area contributed by atoms with Crippen molar-refractivity contribution in [3.8, 4) is 0 Å². The van der Waals surface area contributed by atoms with Crippen LogP contribution in [0.2, 0.25) is 0 Å². The molecule has 5 heteroatoms. The second-order valence-corrected chi connectivity index (χ2v) is 5.22. The van der Waals surface area contributed by atoms with Gasteiger partial charge in [-0.2, -0.15) is 5.10 Å². The highest BCUT2D eigenvalue weighted by Crippen LogP contribution is 2.16. The maximum atomic E-state index is 12.1. The Morgan fingerprint density at radius 2 is 2.26 bits per heavy atom. The first-order valence-electron chi connectivity index (χ1n) is 6.90. The number of rotatable bonds is 8. The van der Waals surface area contributed by atoms with E-state index in [9.17, 15) is 4.79 Å². The van der Waals surface area contributed by atoms with Crippen molar-refractivity contribution < 1.29 is 9.53 Å². The predicted octanol–water partition coefficient (Wildman–Crippen LogP) is 1.98. The van der Waals surface area contributed by atoms with Crippen molar-refractivity contribution >= 4 is 5.97 Å². The summed E-state index contributed by atoms with van der Waals surface area (Å²) in [5.74, 6) is -0.177. The first-order valence-corrected chi connectivity index (χ1v) is 6.90. The number of aromatic nitrogens is 2.